The first-order chi connectivity index (χ1) is 13.7. The molecule has 0 aromatic heterocycles. The summed E-state index contributed by atoms with van der Waals surface area (Å²) in [4.78, 5) is 26.6. The molecule has 0 bridgehead atoms. The maximum absolute atomic E-state index is 12.5. The molecule has 3 rings (SSSR count). The van der Waals surface area contributed by atoms with Crippen molar-refractivity contribution in [2.24, 2.45) is 0 Å². The summed E-state index contributed by atoms with van der Waals surface area (Å²) >= 11 is 0. The normalized spacial score (nSPS) is 13.7. The maximum atomic E-state index is 12.5. The molecule has 2 aromatic rings. The number of hydrogen-bond donors (Lipinski definition) is 2. The second-order valence-electron chi connectivity index (χ2n) is 6.76. The third kappa shape index (κ3) is 5.25. The number of piperidine rings is 1. The number of nitrogens with one attached hydrogen (secondary N) is 2. The summed E-state index contributed by atoms with van der Waals surface area (Å²) < 4.78 is 5.54. The molecule has 1 heterocycles. The monoisotopic (exact) mass is 381 g/mol. The Morgan fingerprint density at radius 2 is 1.71 bits per heavy atom. The fourth-order valence-electron chi connectivity index (χ4n) is 3.25. The predicted octanol–water partition coefficient (Wildman–Crippen LogP) is 3.76. The number of likely N-dealkylation sites (tertiary alicyclic amines) is 1. The molecule has 148 valence electrons. The first-order valence-electron chi connectivity index (χ1n) is 9.82. The highest BCUT2D eigenvalue weighted by molar-refractivity contribution is 5.96. The van der Waals surface area contributed by atoms with Crippen LogP contribution in [0, 0.1) is 0 Å². The van der Waals surface area contributed by atoms with Gasteiger partial charge in [-0.15, -0.1) is 0 Å². The summed E-state index contributed by atoms with van der Waals surface area (Å²) in [5.74, 6) is 0.617. The van der Waals surface area contributed by atoms with Gasteiger partial charge in [0, 0.05) is 24.3 Å². The molecule has 1 fully saturated rings. The van der Waals surface area contributed by atoms with Crippen molar-refractivity contribution in [3.8, 4) is 5.75 Å². The minimum Gasteiger partial charge on any atom is -0.492 e. The highest BCUT2D eigenvalue weighted by Crippen LogP contribution is 2.23. The van der Waals surface area contributed by atoms with E-state index in [4.69, 9.17) is 4.74 Å². The van der Waals surface area contributed by atoms with Crippen molar-refractivity contribution in [1.82, 2.24) is 4.90 Å². The molecule has 6 heteroatoms. The molecule has 0 radical (unpaired) electrons. The minimum atomic E-state index is -0.165. The molecule has 1 aliphatic rings. The molecule has 0 unspecified atom stereocenters. The van der Waals surface area contributed by atoms with Crippen LogP contribution in [0.3, 0.4) is 0 Å². The molecule has 28 heavy (non-hydrogen) atoms. The Morgan fingerprint density at radius 3 is 2.43 bits per heavy atom. The molecular weight excluding hydrogens is 354 g/mol. The van der Waals surface area contributed by atoms with Crippen LogP contribution in [0.4, 0.5) is 11.4 Å². The van der Waals surface area contributed by atoms with Crippen molar-refractivity contribution in [2.45, 2.75) is 26.2 Å². The number of hydrogen-bond acceptors (Lipinski definition) is 4. The number of rotatable bonds is 7. The van der Waals surface area contributed by atoms with Gasteiger partial charge >= 0.3 is 0 Å². The molecule has 0 saturated carbocycles. The number of ether oxygens (including phenoxy) is 1. The lowest BCUT2D eigenvalue weighted by Crippen LogP contribution is -2.35. The van der Waals surface area contributed by atoms with E-state index in [0.717, 1.165) is 37.4 Å². The Bertz CT molecular complexity index is 799. The lowest BCUT2D eigenvalue weighted by molar-refractivity contribution is -0.114. The number of carbonyl (C=O) groups is 2. The molecule has 0 aliphatic carbocycles. The van der Waals surface area contributed by atoms with E-state index >= 15 is 0 Å². The standard InChI is InChI=1S/C22H27N3O3/c1-2-28-20-9-5-4-8-19(20)23-16-21(26)24-18-12-10-17(11-13-18)22(27)25-14-6-3-7-15-25/h4-5,8-13,23H,2-3,6-7,14-16H2,1H3,(H,24,26). The van der Waals surface area contributed by atoms with Gasteiger partial charge in [-0.1, -0.05) is 12.1 Å². The SMILES string of the molecule is CCOc1ccccc1NCC(=O)Nc1ccc(C(=O)N2CCCCC2)cc1. The van der Waals surface area contributed by atoms with Gasteiger partial charge < -0.3 is 20.3 Å². The Hall–Kier alpha value is -3.02. The molecule has 6 nitrogen and oxygen atoms in total. The van der Waals surface area contributed by atoms with Gasteiger partial charge in [0.2, 0.25) is 5.91 Å². The maximum Gasteiger partial charge on any atom is 0.253 e. The van der Waals surface area contributed by atoms with Crippen molar-refractivity contribution in [1.29, 1.82) is 0 Å². The molecule has 2 aromatic carbocycles. The van der Waals surface area contributed by atoms with Crippen LogP contribution < -0.4 is 15.4 Å². The average molecular weight is 381 g/mol. The fourth-order valence-corrected chi connectivity index (χ4v) is 3.25. The van der Waals surface area contributed by atoms with Crippen molar-refractivity contribution in [3.63, 3.8) is 0 Å². The van der Waals surface area contributed by atoms with Crippen LogP contribution >= 0.6 is 0 Å². The van der Waals surface area contributed by atoms with Gasteiger partial charge in [0.15, 0.2) is 0 Å². The third-order valence-corrected chi connectivity index (χ3v) is 4.69. The largest absolute Gasteiger partial charge is 0.492 e. The average Bonchev–Trinajstić information content (AvgIpc) is 2.74. The minimum absolute atomic E-state index is 0.0618. The number of carbonyl (C=O) groups excluding carboxylic acids is 2. The van der Waals surface area contributed by atoms with Crippen molar-refractivity contribution >= 4 is 23.2 Å². The van der Waals surface area contributed by atoms with Gasteiger partial charge in [0.25, 0.3) is 5.91 Å². The van der Waals surface area contributed by atoms with Crippen molar-refractivity contribution < 1.29 is 14.3 Å². The highest BCUT2D eigenvalue weighted by Gasteiger charge is 2.18. The Kier molecular flexibility index (Phi) is 6.89. The van der Waals surface area contributed by atoms with Crippen LogP contribution in [0.15, 0.2) is 48.5 Å². The number of nitrogens with zero attached hydrogens (tertiary/aromatic N) is 1. The van der Waals surface area contributed by atoms with E-state index in [1.54, 1.807) is 24.3 Å². The first kappa shape index (κ1) is 19.7. The van der Waals surface area contributed by atoms with Gasteiger partial charge in [0.1, 0.15) is 5.75 Å². The molecule has 2 N–H and O–H groups in total. The number of para-hydroxylation sites is 2. The van der Waals surface area contributed by atoms with Crippen LogP contribution in [-0.2, 0) is 4.79 Å². The quantitative estimate of drug-likeness (QED) is 0.766. The van der Waals surface area contributed by atoms with E-state index in [1.165, 1.54) is 6.42 Å². The van der Waals surface area contributed by atoms with Gasteiger partial charge in [0.05, 0.1) is 18.8 Å². The van der Waals surface area contributed by atoms with E-state index in [1.807, 2.05) is 36.1 Å². The second kappa shape index (κ2) is 9.78. The van der Waals surface area contributed by atoms with Gasteiger partial charge in [-0.25, -0.2) is 0 Å². The van der Waals surface area contributed by atoms with E-state index in [0.29, 0.717) is 17.9 Å². The van der Waals surface area contributed by atoms with Gasteiger partial charge in [-0.2, -0.15) is 0 Å². The van der Waals surface area contributed by atoms with Crippen molar-refractivity contribution in [2.75, 3.05) is 36.9 Å². The zero-order chi connectivity index (χ0) is 19.8. The van der Waals surface area contributed by atoms with Crippen molar-refractivity contribution in [3.05, 3.63) is 54.1 Å². The molecule has 0 atom stereocenters. The third-order valence-electron chi connectivity index (χ3n) is 4.69. The van der Waals surface area contributed by atoms with Crippen LogP contribution in [-0.4, -0.2) is 43.0 Å². The van der Waals surface area contributed by atoms with E-state index < -0.39 is 0 Å². The zero-order valence-electron chi connectivity index (χ0n) is 16.2. The Morgan fingerprint density at radius 1 is 1.00 bits per heavy atom. The molecule has 0 spiro atoms. The summed E-state index contributed by atoms with van der Waals surface area (Å²) in [6.07, 6.45) is 3.33. The number of anilines is 2. The summed E-state index contributed by atoms with van der Waals surface area (Å²) in [7, 11) is 0. The lowest BCUT2D eigenvalue weighted by Gasteiger charge is -2.26. The first-order valence-corrected chi connectivity index (χ1v) is 9.82. The van der Waals surface area contributed by atoms with Crippen LogP contribution in [0.1, 0.15) is 36.5 Å². The van der Waals surface area contributed by atoms with Gasteiger partial charge in [-0.3, -0.25) is 9.59 Å². The van der Waals surface area contributed by atoms with Gasteiger partial charge in [-0.05, 0) is 62.6 Å². The smallest absolute Gasteiger partial charge is 0.253 e. The number of amides is 2. The number of benzene rings is 2. The van der Waals surface area contributed by atoms with E-state index in [9.17, 15) is 9.59 Å². The predicted molar refractivity (Wildman–Crippen MR) is 111 cm³/mol. The van der Waals surface area contributed by atoms with Crippen LogP contribution in [0.25, 0.3) is 0 Å². The molecular formula is C22H27N3O3. The highest BCUT2D eigenvalue weighted by atomic mass is 16.5. The fraction of sp³-hybridized carbons (Fsp3) is 0.364. The topological polar surface area (TPSA) is 70.7 Å². The van der Waals surface area contributed by atoms with E-state index in [-0.39, 0.29) is 18.4 Å². The van der Waals surface area contributed by atoms with Crippen LogP contribution in [0.2, 0.25) is 0 Å². The van der Waals surface area contributed by atoms with Crippen LogP contribution in [0.5, 0.6) is 5.75 Å². The summed E-state index contributed by atoms with van der Waals surface area (Å²) in [5.41, 5.74) is 2.10. The Labute approximate surface area is 165 Å². The summed E-state index contributed by atoms with van der Waals surface area (Å²) in [6, 6.07) is 14.6. The molecule has 1 aliphatic heterocycles. The second-order valence-corrected chi connectivity index (χ2v) is 6.76. The zero-order valence-corrected chi connectivity index (χ0v) is 16.2. The summed E-state index contributed by atoms with van der Waals surface area (Å²) in [5, 5.41) is 5.94. The molecule has 1 saturated heterocycles. The summed E-state index contributed by atoms with van der Waals surface area (Å²) in [6.45, 7) is 4.26. The molecule has 2 amide bonds. The Balaban J connectivity index is 1.52. The lowest BCUT2D eigenvalue weighted by atomic mass is 10.1. The van der Waals surface area contributed by atoms with E-state index in [2.05, 4.69) is 10.6 Å².